The van der Waals surface area contributed by atoms with E-state index in [0.29, 0.717) is 0 Å². The Morgan fingerprint density at radius 2 is 0.505 bits per heavy atom. The summed E-state index contributed by atoms with van der Waals surface area (Å²) in [6.45, 7) is 45.0. The molecule has 9 aromatic carbocycles. The first-order chi connectivity index (χ1) is 44.0. The van der Waals surface area contributed by atoms with Gasteiger partial charge in [-0.15, -0.1) is 0 Å². The van der Waals surface area contributed by atoms with Gasteiger partial charge in [0.15, 0.2) is 0 Å². The molecule has 10 rings (SSSR count). The molecule has 0 amide bonds. The van der Waals surface area contributed by atoms with Crippen LogP contribution in [0, 0.1) is 0 Å². The third-order valence-corrected chi connectivity index (χ3v) is 21.3. The van der Waals surface area contributed by atoms with Crippen molar-refractivity contribution < 1.29 is 0 Å². The minimum absolute atomic E-state index is 0.0824. The van der Waals surface area contributed by atoms with Crippen LogP contribution < -0.4 is 0 Å². The summed E-state index contributed by atoms with van der Waals surface area (Å²) in [5.74, 6) is 0. The smallest absolute Gasteiger partial charge is 0.0541 e. The van der Waals surface area contributed by atoms with E-state index in [1.54, 1.807) is 44.5 Å². The Morgan fingerprint density at radius 1 is 0.242 bits per heavy atom. The number of fused-ring (bicyclic) bond motifs is 3. The van der Waals surface area contributed by atoms with E-state index in [9.17, 15) is 0 Å². The zero-order chi connectivity index (χ0) is 65.2. The molecule has 0 atom stereocenters. The van der Waals surface area contributed by atoms with E-state index >= 15 is 0 Å². The van der Waals surface area contributed by atoms with Gasteiger partial charge in [0.1, 0.15) is 0 Å². The molecule has 0 spiro atoms. The minimum atomic E-state index is -0.0824. The van der Waals surface area contributed by atoms with Gasteiger partial charge in [0, 0.05) is 16.5 Å². The van der Waals surface area contributed by atoms with Crippen LogP contribution in [0.25, 0.3) is 94.3 Å². The second-order valence-electron chi connectivity index (χ2n) is 26.9. The summed E-state index contributed by atoms with van der Waals surface area (Å²) in [5, 5.41) is 2.56. The zero-order valence-electron chi connectivity index (χ0n) is 59.8. The van der Waals surface area contributed by atoms with E-state index in [0.717, 1.165) is 103 Å². The minimum Gasteiger partial charge on any atom is -0.309 e. The molecule has 0 saturated heterocycles. The number of aromatic nitrogens is 1. The van der Waals surface area contributed by atoms with Gasteiger partial charge < -0.3 is 4.57 Å². The lowest BCUT2D eigenvalue weighted by molar-refractivity contribution is 0.587. The second-order valence-corrected chi connectivity index (χ2v) is 26.9. The maximum absolute atomic E-state index is 2.59. The summed E-state index contributed by atoms with van der Waals surface area (Å²) in [6.07, 6.45) is 16.6. The number of rotatable bonds is 23. The molecule has 1 aromatic heterocycles. The van der Waals surface area contributed by atoms with Crippen molar-refractivity contribution in [3.63, 3.8) is 0 Å². The van der Waals surface area contributed by atoms with Crippen molar-refractivity contribution in [3.8, 4) is 72.4 Å². The van der Waals surface area contributed by atoms with E-state index in [2.05, 4.69) is 257 Å². The van der Waals surface area contributed by atoms with Crippen molar-refractivity contribution in [1.82, 2.24) is 4.57 Å². The van der Waals surface area contributed by atoms with E-state index in [-0.39, 0.29) is 5.41 Å². The summed E-state index contributed by atoms with van der Waals surface area (Å²) in [4.78, 5) is 0. The molecule has 10 aromatic rings. The van der Waals surface area contributed by atoms with Crippen molar-refractivity contribution in [1.29, 1.82) is 0 Å². The summed E-state index contributed by atoms with van der Waals surface area (Å²) in [5.41, 5.74) is 45.4. The second kappa shape index (κ2) is 28.3. The first-order valence-electron chi connectivity index (χ1n) is 36.2. The number of aryl methyl sites for hydroxylation is 4. The molecule has 0 fully saturated rings. The van der Waals surface area contributed by atoms with Gasteiger partial charge in [-0.2, -0.15) is 0 Å². The lowest BCUT2D eigenvalue weighted by Crippen LogP contribution is -2.15. The van der Waals surface area contributed by atoms with Crippen LogP contribution in [-0.2, 0) is 108 Å². The van der Waals surface area contributed by atoms with Gasteiger partial charge in [0.05, 0.1) is 11.0 Å². The van der Waals surface area contributed by atoms with Gasteiger partial charge in [-0.05, 0) is 336 Å². The zero-order valence-corrected chi connectivity index (χ0v) is 59.8. The van der Waals surface area contributed by atoms with Crippen molar-refractivity contribution in [2.75, 3.05) is 0 Å². The molecule has 0 unspecified atom stereocenters. The van der Waals surface area contributed by atoms with Crippen LogP contribution in [-0.4, -0.2) is 4.57 Å². The first-order valence-corrected chi connectivity index (χ1v) is 36.2. The molecular weight excluding hydrogens is 1090 g/mol. The normalized spacial score (nSPS) is 11.9. The van der Waals surface area contributed by atoms with Crippen molar-refractivity contribution >= 4 is 21.8 Å². The lowest BCUT2D eigenvalue weighted by Gasteiger charge is -2.24. The molecule has 0 aliphatic rings. The van der Waals surface area contributed by atoms with Crippen LogP contribution in [0.5, 0.6) is 0 Å². The number of para-hydroxylation sites is 1. The van der Waals surface area contributed by atoms with Crippen LogP contribution in [0.2, 0.25) is 0 Å². The molecule has 1 nitrogen and oxygen atoms in total. The fourth-order valence-corrected chi connectivity index (χ4v) is 17.1. The summed E-state index contributed by atoms with van der Waals surface area (Å²) < 4.78 is 2.59. The summed E-state index contributed by atoms with van der Waals surface area (Å²) in [7, 11) is 0. The number of nitrogens with zero attached hydrogens (tertiary/aromatic N) is 1. The molecule has 0 saturated carbocycles. The Kier molecular flexibility index (Phi) is 20.8. The number of hydrogen-bond acceptors (Lipinski definition) is 0. The molecule has 474 valence electrons. The third kappa shape index (κ3) is 12.0. The van der Waals surface area contributed by atoms with Crippen LogP contribution >= 0.6 is 0 Å². The molecule has 0 aliphatic heterocycles. The molecule has 1 heteroatoms. The third-order valence-electron chi connectivity index (χ3n) is 21.3. The maximum atomic E-state index is 2.59. The Hall–Kier alpha value is -7.22. The first kappa shape index (κ1) is 66.7. The van der Waals surface area contributed by atoms with Gasteiger partial charge in [-0.25, -0.2) is 0 Å². The van der Waals surface area contributed by atoms with Crippen LogP contribution in [0.15, 0.2) is 121 Å². The molecule has 91 heavy (non-hydrogen) atoms. The highest BCUT2D eigenvalue weighted by Crippen LogP contribution is 2.46. The predicted molar refractivity (Wildman–Crippen MR) is 402 cm³/mol. The fraction of sp³-hybridized carbons (Fsp3) is 0.400. The summed E-state index contributed by atoms with van der Waals surface area (Å²) >= 11 is 0. The highest BCUT2D eigenvalue weighted by Gasteiger charge is 2.26. The Bertz CT molecular complexity index is 3900. The van der Waals surface area contributed by atoms with Crippen LogP contribution in [0.3, 0.4) is 0 Å². The molecule has 0 bridgehead atoms. The van der Waals surface area contributed by atoms with Gasteiger partial charge >= 0.3 is 0 Å². The highest BCUT2D eigenvalue weighted by atomic mass is 15.0. The molecule has 1 heterocycles. The average molecular weight is 1200 g/mol. The SMILES string of the molecule is CCc1cc(-c2cc(-c3ccc4c(c3)c3cc(-c5cc(-c6cc(CC)c(CC)c(CC)c6CC)cc(-c6cc(CC)c(CC)c(CC)c6CC)c5)ccc3n4-c3ccccc3C(C)(C)C)cc(-c3cc(CC)c(CC)c(CC)c3CC)c2)c(CC)c(CC)c1CC. The Labute approximate surface area is 551 Å². The predicted octanol–water partition coefficient (Wildman–Crippen LogP) is 25.1. The monoisotopic (exact) mass is 1200 g/mol. The quantitative estimate of drug-likeness (QED) is 0.0602. The molecule has 0 N–H and O–H groups in total. The van der Waals surface area contributed by atoms with Crippen molar-refractivity contribution in [2.45, 2.75) is 240 Å². The molecule has 0 radical (unpaired) electrons. The topological polar surface area (TPSA) is 4.93 Å². The Morgan fingerprint density at radius 3 is 0.758 bits per heavy atom. The van der Waals surface area contributed by atoms with Gasteiger partial charge in [0.25, 0.3) is 0 Å². The Balaban J connectivity index is 1.32. The average Bonchev–Trinajstić information content (AvgIpc) is 1.71. The van der Waals surface area contributed by atoms with Crippen molar-refractivity contribution in [3.05, 3.63) is 216 Å². The standard InChI is InChI=1S/C90H109N/c1-20-56-50-80(76(32-13)72(28-9)68(56)24-5)64-44-62(45-65(48-64)81-51-57(21-2)69(25-6)73(29-10)77(81)33-14)60-40-42-87-84(54-60)85-55-61(41-43-88(85)91(87)89-39-37-36-38-86(89)90(17,18)19)63-46-66(82-52-58(22-3)70(26-7)74(30-11)78(82)34-15)49-67(47-63)83-53-59(23-4)71(27-8)75(31-12)79(83)35-16/h36-55H,20-35H2,1-19H3. The largest absolute Gasteiger partial charge is 0.309 e. The van der Waals surface area contributed by atoms with E-state index in [1.165, 1.54) is 144 Å². The van der Waals surface area contributed by atoms with E-state index in [1.807, 2.05) is 0 Å². The van der Waals surface area contributed by atoms with Crippen LogP contribution in [0.1, 0.15) is 226 Å². The van der Waals surface area contributed by atoms with E-state index in [4.69, 9.17) is 0 Å². The highest BCUT2D eigenvalue weighted by molar-refractivity contribution is 6.12. The van der Waals surface area contributed by atoms with Gasteiger partial charge in [0.2, 0.25) is 0 Å². The van der Waals surface area contributed by atoms with Crippen molar-refractivity contribution in [2.24, 2.45) is 0 Å². The maximum Gasteiger partial charge on any atom is 0.0541 e. The molecule has 0 aliphatic carbocycles. The lowest BCUT2D eigenvalue weighted by atomic mass is 9.81. The summed E-state index contributed by atoms with van der Waals surface area (Å²) in [6, 6.07) is 49.8. The molecular formula is C90H109N. The van der Waals surface area contributed by atoms with E-state index < -0.39 is 0 Å². The fourth-order valence-electron chi connectivity index (χ4n) is 17.1. The number of hydrogen-bond donors (Lipinski definition) is 0. The van der Waals surface area contributed by atoms with Crippen LogP contribution in [0.4, 0.5) is 0 Å². The van der Waals surface area contributed by atoms with Gasteiger partial charge in [-0.3, -0.25) is 0 Å². The van der Waals surface area contributed by atoms with Gasteiger partial charge in [-0.1, -0.05) is 186 Å². The number of benzene rings is 9.